The molecule has 0 spiro atoms. The maximum absolute atomic E-state index is 4.47. The largest absolute Gasteiger partial charge is 0.318 e. The molecule has 0 radical (unpaired) electrons. The van der Waals surface area contributed by atoms with E-state index in [2.05, 4.69) is 47.3 Å². The molecule has 0 unspecified atom stereocenters. The third-order valence-electron chi connectivity index (χ3n) is 3.17. The lowest BCUT2D eigenvalue weighted by Crippen LogP contribution is -2.19. The van der Waals surface area contributed by atoms with Gasteiger partial charge in [-0.15, -0.1) is 0 Å². The summed E-state index contributed by atoms with van der Waals surface area (Å²) in [5, 5.41) is 3.37. The third kappa shape index (κ3) is 1.47. The molecule has 3 heteroatoms. The van der Waals surface area contributed by atoms with Gasteiger partial charge in [-0.25, -0.2) is 0 Å². The van der Waals surface area contributed by atoms with E-state index in [0.29, 0.717) is 0 Å². The number of benzene rings is 1. The van der Waals surface area contributed by atoms with Crippen LogP contribution in [0.4, 0.5) is 0 Å². The van der Waals surface area contributed by atoms with Crippen LogP contribution in [0.3, 0.4) is 0 Å². The molecule has 0 N–H and O–H groups in total. The highest BCUT2D eigenvalue weighted by molar-refractivity contribution is 8.16. The number of thioether (sulfide) groups is 1. The van der Waals surface area contributed by atoms with Gasteiger partial charge in [0, 0.05) is 12.0 Å². The first-order valence-corrected chi connectivity index (χ1v) is 6.40. The SMILES string of the molecule is Cc1ccc(C2=CSC3=NCCN23)cc1C. The van der Waals surface area contributed by atoms with Crippen LogP contribution in [0, 0.1) is 13.8 Å². The minimum absolute atomic E-state index is 0.935. The summed E-state index contributed by atoms with van der Waals surface area (Å²) in [5.41, 5.74) is 5.32. The Kier molecular flexibility index (Phi) is 2.28. The van der Waals surface area contributed by atoms with Crippen LogP contribution in [0.25, 0.3) is 5.70 Å². The van der Waals surface area contributed by atoms with E-state index in [1.165, 1.54) is 22.4 Å². The van der Waals surface area contributed by atoms with Gasteiger partial charge in [0.15, 0.2) is 5.17 Å². The van der Waals surface area contributed by atoms with Crippen molar-refractivity contribution in [2.75, 3.05) is 13.1 Å². The Morgan fingerprint density at radius 3 is 2.94 bits per heavy atom. The number of rotatable bonds is 1. The zero-order valence-electron chi connectivity index (χ0n) is 9.53. The van der Waals surface area contributed by atoms with Crippen molar-refractivity contribution in [3.05, 3.63) is 40.3 Å². The van der Waals surface area contributed by atoms with Crippen molar-refractivity contribution in [2.24, 2.45) is 4.99 Å². The van der Waals surface area contributed by atoms with Gasteiger partial charge in [-0.1, -0.05) is 23.9 Å². The molecule has 0 saturated carbocycles. The molecule has 16 heavy (non-hydrogen) atoms. The van der Waals surface area contributed by atoms with Gasteiger partial charge >= 0.3 is 0 Å². The van der Waals surface area contributed by atoms with Crippen LogP contribution in [0.1, 0.15) is 16.7 Å². The Labute approximate surface area is 100 Å². The molecule has 0 amide bonds. The molecule has 0 bridgehead atoms. The Morgan fingerprint density at radius 2 is 2.12 bits per heavy atom. The Balaban J connectivity index is 1.99. The smallest absolute Gasteiger partial charge is 0.168 e. The number of aliphatic imine (C=N–C) groups is 1. The number of amidine groups is 1. The molecule has 3 rings (SSSR count). The maximum atomic E-state index is 4.47. The Morgan fingerprint density at radius 1 is 1.25 bits per heavy atom. The fraction of sp³-hybridized carbons (Fsp3) is 0.308. The van der Waals surface area contributed by atoms with Gasteiger partial charge in [-0.2, -0.15) is 0 Å². The zero-order chi connectivity index (χ0) is 11.1. The summed E-state index contributed by atoms with van der Waals surface area (Å²) in [7, 11) is 0. The molecular weight excluding hydrogens is 216 g/mol. The van der Waals surface area contributed by atoms with Gasteiger partial charge in [-0.3, -0.25) is 4.99 Å². The van der Waals surface area contributed by atoms with Crippen molar-refractivity contribution < 1.29 is 0 Å². The minimum atomic E-state index is 0.935. The second-order valence-corrected chi connectivity index (χ2v) is 5.07. The van der Waals surface area contributed by atoms with Crippen molar-refractivity contribution in [2.45, 2.75) is 13.8 Å². The molecule has 0 aromatic heterocycles. The standard InChI is InChI=1S/C13H14N2S/c1-9-3-4-11(7-10(9)2)12-8-16-13-14-5-6-15(12)13/h3-4,7-8H,5-6H2,1-2H3. The van der Waals surface area contributed by atoms with E-state index >= 15 is 0 Å². The van der Waals surface area contributed by atoms with Crippen molar-refractivity contribution >= 4 is 22.6 Å². The second kappa shape index (κ2) is 3.67. The summed E-state index contributed by atoms with van der Waals surface area (Å²) in [5.74, 6) is 0. The first kappa shape index (κ1) is 9.97. The van der Waals surface area contributed by atoms with Gasteiger partial charge in [-0.05, 0) is 36.6 Å². The van der Waals surface area contributed by atoms with Crippen LogP contribution < -0.4 is 0 Å². The van der Waals surface area contributed by atoms with E-state index in [4.69, 9.17) is 0 Å². The first-order chi connectivity index (χ1) is 7.75. The molecule has 82 valence electrons. The van der Waals surface area contributed by atoms with E-state index in [1.807, 2.05) is 0 Å². The van der Waals surface area contributed by atoms with E-state index in [1.54, 1.807) is 11.8 Å². The van der Waals surface area contributed by atoms with Gasteiger partial charge < -0.3 is 4.90 Å². The van der Waals surface area contributed by atoms with Gasteiger partial charge in [0.2, 0.25) is 0 Å². The lowest BCUT2D eigenvalue weighted by Gasteiger charge is -2.17. The summed E-state index contributed by atoms with van der Waals surface area (Å²) in [4.78, 5) is 6.78. The highest BCUT2D eigenvalue weighted by Gasteiger charge is 2.26. The average Bonchev–Trinajstić information content (AvgIpc) is 2.83. The van der Waals surface area contributed by atoms with Gasteiger partial charge in [0.1, 0.15) is 0 Å². The fourth-order valence-corrected chi connectivity index (χ4v) is 3.01. The van der Waals surface area contributed by atoms with Gasteiger partial charge in [0.25, 0.3) is 0 Å². The van der Waals surface area contributed by atoms with Crippen LogP contribution in [0.2, 0.25) is 0 Å². The molecular formula is C13H14N2S. The van der Waals surface area contributed by atoms with Crippen molar-refractivity contribution in [1.82, 2.24) is 4.90 Å². The fourth-order valence-electron chi connectivity index (χ4n) is 2.05. The molecule has 1 aromatic carbocycles. The van der Waals surface area contributed by atoms with Crippen LogP contribution in [0.5, 0.6) is 0 Å². The second-order valence-electron chi connectivity index (χ2n) is 4.24. The molecule has 0 fully saturated rings. The number of fused-ring (bicyclic) bond motifs is 1. The quantitative estimate of drug-likeness (QED) is 0.737. The van der Waals surface area contributed by atoms with Gasteiger partial charge in [0.05, 0.1) is 12.2 Å². The number of hydrogen-bond donors (Lipinski definition) is 0. The van der Waals surface area contributed by atoms with Crippen molar-refractivity contribution in [3.63, 3.8) is 0 Å². The lowest BCUT2D eigenvalue weighted by atomic mass is 10.0. The van der Waals surface area contributed by atoms with Crippen LogP contribution in [-0.2, 0) is 0 Å². The van der Waals surface area contributed by atoms with Crippen LogP contribution in [0.15, 0.2) is 28.6 Å². The summed E-state index contributed by atoms with van der Waals surface area (Å²) < 4.78 is 0. The van der Waals surface area contributed by atoms with Crippen molar-refractivity contribution in [1.29, 1.82) is 0 Å². The summed E-state index contributed by atoms with van der Waals surface area (Å²) in [6, 6.07) is 6.67. The van der Waals surface area contributed by atoms with E-state index in [-0.39, 0.29) is 0 Å². The lowest BCUT2D eigenvalue weighted by molar-refractivity contribution is 0.650. The third-order valence-corrected chi connectivity index (χ3v) is 4.07. The molecule has 2 aliphatic heterocycles. The van der Waals surface area contributed by atoms with Crippen LogP contribution in [-0.4, -0.2) is 23.2 Å². The molecule has 0 saturated heterocycles. The Bertz CT molecular complexity index is 503. The molecule has 2 nitrogen and oxygen atoms in total. The molecule has 2 aliphatic rings. The average molecular weight is 230 g/mol. The number of aryl methyl sites for hydroxylation is 2. The predicted octanol–water partition coefficient (Wildman–Crippen LogP) is 3.02. The molecule has 2 heterocycles. The highest BCUT2D eigenvalue weighted by atomic mass is 32.2. The summed E-state index contributed by atoms with van der Waals surface area (Å²) in [6.07, 6.45) is 0. The normalized spacial score (nSPS) is 18.5. The Hall–Kier alpha value is -1.22. The number of nitrogens with zero attached hydrogens (tertiary/aromatic N) is 2. The molecule has 0 aliphatic carbocycles. The summed E-state index contributed by atoms with van der Waals surface area (Å²) in [6.45, 7) is 6.28. The maximum Gasteiger partial charge on any atom is 0.168 e. The summed E-state index contributed by atoms with van der Waals surface area (Å²) >= 11 is 1.74. The highest BCUT2D eigenvalue weighted by Crippen LogP contribution is 2.35. The first-order valence-electron chi connectivity index (χ1n) is 5.52. The molecule has 1 aromatic rings. The molecule has 0 atom stereocenters. The van der Waals surface area contributed by atoms with Crippen LogP contribution >= 0.6 is 11.8 Å². The number of hydrogen-bond acceptors (Lipinski definition) is 3. The van der Waals surface area contributed by atoms with E-state index in [9.17, 15) is 0 Å². The topological polar surface area (TPSA) is 15.6 Å². The van der Waals surface area contributed by atoms with E-state index in [0.717, 1.165) is 18.3 Å². The van der Waals surface area contributed by atoms with E-state index < -0.39 is 0 Å². The van der Waals surface area contributed by atoms with Crippen molar-refractivity contribution in [3.8, 4) is 0 Å². The monoisotopic (exact) mass is 230 g/mol. The predicted molar refractivity (Wildman–Crippen MR) is 70.5 cm³/mol. The minimum Gasteiger partial charge on any atom is -0.318 e. The zero-order valence-corrected chi connectivity index (χ0v) is 10.3.